The van der Waals surface area contributed by atoms with Crippen molar-refractivity contribution in [3.63, 3.8) is 0 Å². The molecule has 1 aromatic carbocycles. The van der Waals surface area contributed by atoms with Crippen molar-refractivity contribution >= 4 is 5.82 Å². The first-order valence-corrected chi connectivity index (χ1v) is 11.4. The van der Waals surface area contributed by atoms with Gasteiger partial charge in [0.1, 0.15) is 11.9 Å². The van der Waals surface area contributed by atoms with Crippen LogP contribution in [-0.2, 0) is 0 Å². The highest BCUT2D eigenvalue weighted by molar-refractivity contribution is 5.72. The first-order valence-electron chi connectivity index (χ1n) is 11.4. The number of alkyl halides is 1. The quantitative estimate of drug-likeness (QED) is 0.587. The zero-order chi connectivity index (χ0) is 23.9. The molecule has 4 atom stereocenters. The fourth-order valence-corrected chi connectivity index (χ4v) is 5.13. The molecule has 0 unspecified atom stereocenters. The normalized spacial score (nSPS) is 26.2. The predicted molar refractivity (Wildman–Crippen MR) is 125 cm³/mol. The Kier molecular flexibility index (Phi) is 5.76. The van der Waals surface area contributed by atoms with E-state index in [-0.39, 0.29) is 29.2 Å². The van der Waals surface area contributed by atoms with Gasteiger partial charge in [0.05, 0.1) is 31.1 Å². The molecule has 2 aromatic heterocycles. The van der Waals surface area contributed by atoms with E-state index in [1.54, 1.807) is 30.6 Å². The second-order valence-corrected chi connectivity index (χ2v) is 9.39. The van der Waals surface area contributed by atoms with E-state index >= 15 is 4.39 Å². The lowest BCUT2D eigenvalue weighted by molar-refractivity contribution is 0.0607. The van der Waals surface area contributed by atoms with E-state index in [1.165, 1.54) is 7.11 Å². The van der Waals surface area contributed by atoms with E-state index in [0.29, 0.717) is 23.7 Å². The molecule has 2 N–H and O–H groups in total. The van der Waals surface area contributed by atoms with Crippen molar-refractivity contribution in [2.45, 2.75) is 56.4 Å². The lowest BCUT2D eigenvalue weighted by Crippen LogP contribution is -2.66. The van der Waals surface area contributed by atoms with Crippen LogP contribution in [0.15, 0.2) is 36.7 Å². The zero-order valence-electron chi connectivity index (χ0n) is 19.4. The molecule has 9 nitrogen and oxygen atoms in total. The molecule has 2 aliphatic rings. The Hall–Kier alpha value is -3.40. The highest BCUT2D eigenvalue weighted by atomic mass is 19.1. The average molecular weight is 466 g/mol. The van der Waals surface area contributed by atoms with Gasteiger partial charge in [-0.3, -0.25) is 0 Å². The molecule has 0 amide bonds. The summed E-state index contributed by atoms with van der Waals surface area (Å²) < 4.78 is 20.3. The Morgan fingerprint density at radius 1 is 1.18 bits per heavy atom. The van der Waals surface area contributed by atoms with Gasteiger partial charge >= 0.3 is 0 Å². The monoisotopic (exact) mass is 465 g/mol. The van der Waals surface area contributed by atoms with Crippen molar-refractivity contribution in [3.05, 3.63) is 36.7 Å². The van der Waals surface area contributed by atoms with Crippen LogP contribution in [0.2, 0.25) is 0 Å². The van der Waals surface area contributed by atoms with Crippen LogP contribution in [0.5, 0.6) is 11.6 Å². The van der Waals surface area contributed by atoms with Crippen molar-refractivity contribution < 1.29 is 14.2 Å². The van der Waals surface area contributed by atoms with E-state index in [2.05, 4.69) is 37.6 Å². The van der Waals surface area contributed by atoms with Gasteiger partial charge in [0.2, 0.25) is 5.88 Å². The number of fused-ring (bicyclic) bond motifs is 2. The van der Waals surface area contributed by atoms with Crippen molar-refractivity contribution in [2.75, 3.05) is 19.1 Å². The van der Waals surface area contributed by atoms with Crippen LogP contribution < -0.4 is 15.0 Å². The lowest BCUT2D eigenvalue weighted by Gasteiger charge is -2.51. The molecule has 2 aliphatic heterocycles. The zero-order valence-corrected chi connectivity index (χ0v) is 19.4. The summed E-state index contributed by atoms with van der Waals surface area (Å²) in [6, 6.07) is 6.47. The van der Waals surface area contributed by atoms with Crippen molar-refractivity contribution in [2.24, 2.45) is 0 Å². The number of ether oxygens (including phenoxy) is 1. The van der Waals surface area contributed by atoms with Gasteiger partial charge in [-0.2, -0.15) is 5.10 Å². The van der Waals surface area contributed by atoms with Crippen LogP contribution in [0.3, 0.4) is 0 Å². The van der Waals surface area contributed by atoms with Gasteiger partial charge in [0.15, 0.2) is 11.6 Å². The maximum atomic E-state index is 15.2. The van der Waals surface area contributed by atoms with Gasteiger partial charge in [-0.05, 0) is 50.3 Å². The third-order valence-electron chi connectivity index (χ3n) is 7.01. The van der Waals surface area contributed by atoms with E-state index in [9.17, 15) is 5.11 Å². The summed E-state index contributed by atoms with van der Waals surface area (Å²) in [5.74, 6) is 1.19. The predicted octanol–water partition coefficient (Wildman–Crippen LogP) is 3.16. The minimum atomic E-state index is -0.988. The lowest BCUT2D eigenvalue weighted by atomic mass is 9.74. The fourth-order valence-electron chi connectivity index (χ4n) is 5.13. The fraction of sp³-hybridized carbons (Fsp3) is 0.458. The number of nitrogens with one attached hydrogen (secondary N) is 1. The van der Waals surface area contributed by atoms with Gasteiger partial charge < -0.3 is 20.1 Å². The Morgan fingerprint density at radius 2 is 2.03 bits per heavy atom. The molecule has 5 rings (SSSR count). The molecule has 178 valence electrons. The molecule has 4 heterocycles. The molecule has 10 heteroatoms. The second-order valence-electron chi connectivity index (χ2n) is 9.39. The molecule has 0 aliphatic carbocycles. The number of nitrogens with zero attached hydrogens (tertiary/aromatic N) is 6. The van der Waals surface area contributed by atoms with Crippen LogP contribution in [0.1, 0.15) is 32.6 Å². The minimum absolute atomic E-state index is 0.0131. The molecule has 2 saturated heterocycles. The summed E-state index contributed by atoms with van der Waals surface area (Å²) in [4.78, 5) is 6.26. The first-order chi connectivity index (χ1) is 16.4. The van der Waals surface area contributed by atoms with Crippen molar-refractivity contribution in [3.8, 4) is 34.1 Å². The van der Waals surface area contributed by atoms with Gasteiger partial charge in [0.25, 0.3) is 0 Å². The van der Waals surface area contributed by atoms with Crippen LogP contribution in [-0.4, -0.2) is 68.4 Å². The van der Waals surface area contributed by atoms with Crippen molar-refractivity contribution in [1.82, 2.24) is 30.7 Å². The number of hydrogen-bond donors (Lipinski definition) is 2. The Labute approximate surface area is 197 Å². The van der Waals surface area contributed by atoms with Gasteiger partial charge in [-0.15, -0.1) is 15.3 Å². The van der Waals surface area contributed by atoms with Crippen LogP contribution in [0.4, 0.5) is 10.2 Å². The maximum Gasteiger partial charge on any atom is 0.233 e. The third-order valence-corrected chi connectivity index (χ3v) is 7.01. The molecular formula is C24H28FN7O2. The maximum absolute atomic E-state index is 15.2. The summed E-state index contributed by atoms with van der Waals surface area (Å²) in [5, 5.41) is 30.4. The average Bonchev–Trinajstić information content (AvgIpc) is 2.86. The molecule has 0 radical (unpaired) electrons. The molecule has 3 aromatic rings. The summed E-state index contributed by atoms with van der Waals surface area (Å²) in [6.07, 6.45) is 5.82. The Balaban J connectivity index is 1.36. The molecule has 0 spiro atoms. The van der Waals surface area contributed by atoms with E-state index in [1.807, 2.05) is 18.0 Å². The van der Waals surface area contributed by atoms with Crippen LogP contribution >= 0.6 is 0 Å². The van der Waals surface area contributed by atoms with Crippen LogP contribution in [0.25, 0.3) is 22.5 Å². The highest BCUT2D eigenvalue weighted by Gasteiger charge is 2.47. The number of aromatic hydroxyl groups is 1. The van der Waals surface area contributed by atoms with Gasteiger partial charge in [-0.1, -0.05) is 6.07 Å². The number of halogens is 1. The van der Waals surface area contributed by atoms with E-state index in [0.717, 1.165) is 30.4 Å². The number of rotatable bonds is 5. The minimum Gasteiger partial charge on any atom is -0.507 e. The standard InChI is InChI=1S/C24H28FN7O2/c1-24-8-4-5-17(28-24)22(25)18(11-24)32(2)20-13-26-23(31-29-20)16-7-6-14(9-19(16)33)15-10-21(34-3)30-27-12-15/h6-7,9-10,12-13,17-18,22,28,33H,4-5,8,11H2,1-3H3/t17-,18-,22+,24-/m0/s1. The number of methoxy groups -OCH3 is 1. The number of benzene rings is 1. The molecule has 0 saturated carbocycles. The largest absolute Gasteiger partial charge is 0.507 e. The van der Waals surface area contributed by atoms with Gasteiger partial charge in [0, 0.05) is 30.3 Å². The summed E-state index contributed by atoms with van der Waals surface area (Å²) in [7, 11) is 3.36. The van der Waals surface area contributed by atoms with Gasteiger partial charge in [-0.25, -0.2) is 9.37 Å². The molecule has 2 bridgehead atoms. The Morgan fingerprint density at radius 3 is 2.76 bits per heavy atom. The Bertz CT molecular complexity index is 1180. The molecule has 34 heavy (non-hydrogen) atoms. The summed E-state index contributed by atoms with van der Waals surface area (Å²) in [6.45, 7) is 2.17. The summed E-state index contributed by atoms with van der Waals surface area (Å²) >= 11 is 0. The smallest absolute Gasteiger partial charge is 0.233 e. The molecule has 2 fully saturated rings. The van der Waals surface area contributed by atoms with Crippen LogP contribution in [0, 0.1) is 0 Å². The number of phenols is 1. The third kappa shape index (κ3) is 4.13. The first kappa shape index (κ1) is 22.4. The molecular weight excluding hydrogens is 437 g/mol. The van der Waals surface area contributed by atoms with Crippen molar-refractivity contribution in [1.29, 1.82) is 0 Å². The number of piperidine rings is 2. The highest BCUT2D eigenvalue weighted by Crippen LogP contribution is 2.38. The number of aromatic nitrogens is 5. The summed E-state index contributed by atoms with van der Waals surface area (Å²) in [5.41, 5.74) is 1.89. The second kappa shape index (κ2) is 8.75. The SMILES string of the molecule is COc1cc(-c2ccc(-c3ncc(N(C)[C@H]4C[C@]5(C)CCC[C@H](N5)[C@H]4F)nn3)c(O)c2)cnn1. The topological polar surface area (TPSA) is 109 Å². The number of hydrogen-bond acceptors (Lipinski definition) is 9. The van der Waals surface area contributed by atoms with E-state index < -0.39 is 6.17 Å². The van der Waals surface area contributed by atoms with E-state index in [4.69, 9.17) is 4.74 Å². The number of anilines is 1. The number of phenolic OH excluding ortho intramolecular Hbond substituents is 1.